The normalized spacial score (nSPS) is 11.9. The Kier molecular flexibility index (Phi) is 3.64. The van der Waals surface area contributed by atoms with Crippen molar-refractivity contribution in [2.75, 3.05) is 0 Å². The van der Waals surface area contributed by atoms with Crippen molar-refractivity contribution in [2.45, 2.75) is 25.0 Å². The monoisotopic (exact) mass is 286 g/mol. The number of hydrogen-bond donors (Lipinski definition) is 3. The molecule has 0 atom stereocenters. The van der Waals surface area contributed by atoms with Gasteiger partial charge in [0.1, 0.15) is 16.9 Å². The molecule has 104 valence electrons. The number of nitrogens with zero attached hydrogens (tertiary/aromatic N) is 4. The van der Waals surface area contributed by atoms with Gasteiger partial charge in [0.2, 0.25) is 10.0 Å². The van der Waals surface area contributed by atoms with Crippen LogP contribution in [0.3, 0.4) is 0 Å². The number of aryl methyl sites for hydroxylation is 2. The summed E-state index contributed by atoms with van der Waals surface area (Å²) >= 11 is 0. The van der Waals surface area contributed by atoms with Gasteiger partial charge in [0.25, 0.3) is 0 Å². The van der Waals surface area contributed by atoms with Crippen LogP contribution in [0.5, 0.6) is 0 Å². The molecule has 10 heteroatoms. The zero-order valence-corrected chi connectivity index (χ0v) is 11.3. The van der Waals surface area contributed by atoms with Crippen LogP contribution in [0.4, 0.5) is 0 Å². The van der Waals surface area contributed by atoms with Gasteiger partial charge in [0.15, 0.2) is 5.82 Å². The third-order valence-corrected chi connectivity index (χ3v) is 4.05. The van der Waals surface area contributed by atoms with Gasteiger partial charge in [0, 0.05) is 7.05 Å². The first-order valence-corrected chi connectivity index (χ1v) is 6.91. The SMILES string of the molecule is Cc1[nH]nc(CO)c1S(=O)(=O)NCc1ncn(C)n1. The molecule has 3 N–H and O–H groups in total. The summed E-state index contributed by atoms with van der Waals surface area (Å²) < 4.78 is 28.1. The Bertz CT molecular complexity index is 674. The van der Waals surface area contributed by atoms with Crippen molar-refractivity contribution in [3.63, 3.8) is 0 Å². The molecular formula is C9H14N6O3S. The van der Waals surface area contributed by atoms with Crippen LogP contribution in [0.2, 0.25) is 0 Å². The molecule has 0 aliphatic rings. The second-order valence-electron chi connectivity index (χ2n) is 3.94. The van der Waals surface area contributed by atoms with Crippen molar-refractivity contribution < 1.29 is 13.5 Å². The number of aliphatic hydroxyl groups excluding tert-OH is 1. The van der Waals surface area contributed by atoms with Crippen molar-refractivity contribution in [3.05, 3.63) is 23.5 Å². The smallest absolute Gasteiger partial charge is 0.244 e. The highest BCUT2D eigenvalue weighted by molar-refractivity contribution is 7.89. The summed E-state index contributed by atoms with van der Waals surface area (Å²) in [5.41, 5.74) is 0.449. The molecule has 0 fully saturated rings. The molecule has 0 saturated heterocycles. The molecule has 9 nitrogen and oxygen atoms in total. The van der Waals surface area contributed by atoms with E-state index in [4.69, 9.17) is 5.11 Å². The van der Waals surface area contributed by atoms with Gasteiger partial charge in [-0.1, -0.05) is 0 Å². The predicted octanol–water partition coefficient (Wildman–Crippen LogP) is -1.18. The van der Waals surface area contributed by atoms with Gasteiger partial charge in [0.05, 0.1) is 18.8 Å². The fraction of sp³-hybridized carbons (Fsp3) is 0.444. The lowest BCUT2D eigenvalue weighted by Gasteiger charge is -2.05. The van der Waals surface area contributed by atoms with Gasteiger partial charge in [-0.05, 0) is 6.92 Å². The van der Waals surface area contributed by atoms with Gasteiger partial charge >= 0.3 is 0 Å². The van der Waals surface area contributed by atoms with Crippen LogP contribution in [-0.4, -0.2) is 38.5 Å². The predicted molar refractivity (Wildman–Crippen MR) is 64.3 cm³/mol. The van der Waals surface area contributed by atoms with Crippen LogP contribution in [0, 0.1) is 6.92 Å². The summed E-state index contributed by atoms with van der Waals surface area (Å²) in [6.07, 6.45) is 1.48. The maximum Gasteiger partial charge on any atom is 0.244 e. The highest BCUT2D eigenvalue weighted by atomic mass is 32.2. The molecule has 0 spiro atoms. The number of aromatic nitrogens is 5. The average Bonchev–Trinajstić information content (AvgIpc) is 2.93. The van der Waals surface area contributed by atoms with E-state index in [0.717, 1.165) is 0 Å². The topological polar surface area (TPSA) is 126 Å². The quantitative estimate of drug-likeness (QED) is 0.635. The van der Waals surface area contributed by atoms with E-state index in [1.807, 2.05) is 0 Å². The first-order valence-electron chi connectivity index (χ1n) is 5.43. The summed E-state index contributed by atoms with van der Waals surface area (Å²) in [6.45, 7) is 1.08. The molecule has 0 radical (unpaired) electrons. The molecule has 0 aliphatic carbocycles. The van der Waals surface area contributed by atoms with Crippen molar-refractivity contribution in [2.24, 2.45) is 7.05 Å². The number of aliphatic hydroxyl groups is 1. The standard InChI is InChI=1S/C9H14N6O3S/c1-6-9(7(4-16)13-12-6)19(17,18)11-3-8-10-5-15(2)14-8/h5,11,16H,3-4H2,1-2H3,(H,12,13). The maximum atomic E-state index is 12.1. The Hall–Kier alpha value is -1.78. The Labute approximate surface area is 109 Å². The molecule has 2 aromatic rings. The molecule has 0 amide bonds. The van der Waals surface area contributed by atoms with Gasteiger partial charge in [-0.25, -0.2) is 18.1 Å². The largest absolute Gasteiger partial charge is 0.390 e. The Balaban J connectivity index is 2.20. The van der Waals surface area contributed by atoms with Crippen molar-refractivity contribution in [3.8, 4) is 0 Å². The number of aromatic amines is 1. The van der Waals surface area contributed by atoms with E-state index in [0.29, 0.717) is 11.5 Å². The third kappa shape index (κ3) is 2.80. The van der Waals surface area contributed by atoms with E-state index in [1.54, 1.807) is 14.0 Å². The van der Waals surface area contributed by atoms with Gasteiger partial charge in [-0.2, -0.15) is 10.2 Å². The Morgan fingerprint density at radius 1 is 1.53 bits per heavy atom. The van der Waals surface area contributed by atoms with E-state index in [1.165, 1.54) is 11.0 Å². The van der Waals surface area contributed by atoms with E-state index in [-0.39, 0.29) is 17.1 Å². The molecular weight excluding hydrogens is 272 g/mol. The molecule has 2 heterocycles. The maximum absolute atomic E-state index is 12.1. The van der Waals surface area contributed by atoms with Crippen LogP contribution in [0.15, 0.2) is 11.2 Å². The zero-order chi connectivity index (χ0) is 14.0. The molecule has 0 aromatic carbocycles. The molecule has 0 aliphatic heterocycles. The second-order valence-corrected chi connectivity index (χ2v) is 5.65. The van der Waals surface area contributed by atoms with Crippen molar-refractivity contribution in [1.82, 2.24) is 29.7 Å². The average molecular weight is 286 g/mol. The van der Waals surface area contributed by atoms with Crippen LogP contribution in [0.1, 0.15) is 17.2 Å². The lowest BCUT2D eigenvalue weighted by molar-refractivity contribution is 0.273. The van der Waals surface area contributed by atoms with Crippen LogP contribution >= 0.6 is 0 Å². The Morgan fingerprint density at radius 2 is 2.26 bits per heavy atom. The minimum atomic E-state index is -3.77. The first-order chi connectivity index (χ1) is 8.94. The fourth-order valence-electron chi connectivity index (χ4n) is 1.63. The highest BCUT2D eigenvalue weighted by Gasteiger charge is 2.24. The summed E-state index contributed by atoms with van der Waals surface area (Å²) in [4.78, 5) is 3.88. The molecule has 2 rings (SSSR count). The summed E-state index contributed by atoms with van der Waals surface area (Å²) in [7, 11) is -2.08. The highest BCUT2D eigenvalue weighted by Crippen LogP contribution is 2.17. The second kappa shape index (κ2) is 5.07. The van der Waals surface area contributed by atoms with Gasteiger partial charge < -0.3 is 5.11 Å². The van der Waals surface area contributed by atoms with E-state index in [2.05, 4.69) is 25.0 Å². The van der Waals surface area contributed by atoms with E-state index >= 15 is 0 Å². The molecule has 0 bridgehead atoms. The van der Waals surface area contributed by atoms with Crippen LogP contribution in [-0.2, 0) is 30.2 Å². The number of nitrogens with one attached hydrogen (secondary N) is 2. The molecule has 0 unspecified atom stereocenters. The van der Waals surface area contributed by atoms with E-state index < -0.39 is 16.6 Å². The lowest BCUT2D eigenvalue weighted by Crippen LogP contribution is -2.25. The summed E-state index contributed by atoms with van der Waals surface area (Å²) in [5, 5.41) is 19.3. The molecule has 2 aromatic heterocycles. The minimum Gasteiger partial charge on any atom is -0.390 e. The minimum absolute atomic E-state index is 0.0291. The Morgan fingerprint density at radius 3 is 2.84 bits per heavy atom. The lowest BCUT2D eigenvalue weighted by atomic mass is 10.4. The molecule has 0 saturated carbocycles. The molecule has 19 heavy (non-hydrogen) atoms. The number of sulfonamides is 1. The number of rotatable bonds is 5. The fourth-order valence-corrected chi connectivity index (χ4v) is 2.96. The third-order valence-electron chi connectivity index (χ3n) is 2.45. The summed E-state index contributed by atoms with van der Waals surface area (Å²) in [6, 6.07) is 0. The van der Waals surface area contributed by atoms with Crippen LogP contribution < -0.4 is 4.72 Å². The van der Waals surface area contributed by atoms with Crippen molar-refractivity contribution >= 4 is 10.0 Å². The van der Waals surface area contributed by atoms with Crippen LogP contribution in [0.25, 0.3) is 0 Å². The number of H-pyrrole nitrogens is 1. The first kappa shape index (κ1) is 13.6. The van der Waals surface area contributed by atoms with E-state index in [9.17, 15) is 8.42 Å². The number of hydrogen-bond acceptors (Lipinski definition) is 6. The van der Waals surface area contributed by atoms with Crippen molar-refractivity contribution in [1.29, 1.82) is 0 Å². The van der Waals surface area contributed by atoms with Gasteiger partial charge in [-0.15, -0.1) is 0 Å². The van der Waals surface area contributed by atoms with Gasteiger partial charge in [-0.3, -0.25) is 9.78 Å². The summed E-state index contributed by atoms with van der Waals surface area (Å²) in [5.74, 6) is 0.359. The zero-order valence-electron chi connectivity index (χ0n) is 10.5.